The van der Waals surface area contributed by atoms with E-state index in [-0.39, 0.29) is 42.2 Å². The summed E-state index contributed by atoms with van der Waals surface area (Å²) >= 11 is 11.3. The van der Waals surface area contributed by atoms with Crippen LogP contribution in [0.25, 0.3) is 11.2 Å². The van der Waals surface area contributed by atoms with Gasteiger partial charge < -0.3 is 56.0 Å². The number of carboxylic acid groups (broad SMARTS) is 1. The van der Waals surface area contributed by atoms with Crippen LogP contribution in [0.3, 0.4) is 0 Å². The van der Waals surface area contributed by atoms with E-state index in [1.807, 2.05) is 0 Å². The Morgan fingerprint density at radius 3 is 2.32 bits per heavy atom. The molecule has 56 heavy (non-hydrogen) atoms. The Balaban J connectivity index is 1.50. The number of imidazole rings is 1. The molecule has 32 heteroatoms. The third-order valence-electron chi connectivity index (χ3n) is 7.26. The van der Waals surface area contributed by atoms with E-state index < -0.39 is 100.0 Å². The van der Waals surface area contributed by atoms with Gasteiger partial charge in [0, 0.05) is 30.7 Å². The van der Waals surface area contributed by atoms with Gasteiger partial charge in [-0.15, -0.1) is 0 Å². The number of hydrogen-bond donors (Lipinski definition) is 10. The molecule has 0 radical (unpaired) electrons. The molecule has 0 spiro atoms. The van der Waals surface area contributed by atoms with Gasteiger partial charge in [0.25, 0.3) is 4.33 Å². The minimum atomic E-state index is -5.60. The molecule has 11 N–H and O–H groups in total. The quantitative estimate of drug-likeness (QED) is 0.0308. The van der Waals surface area contributed by atoms with Crippen molar-refractivity contribution in [3.8, 4) is 0 Å². The number of thioether (sulfide) groups is 1. The van der Waals surface area contributed by atoms with Crippen LogP contribution in [0.1, 0.15) is 26.5 Å². The fourth-order valence-electron chi connectivity index (χ4n) is 4.45. The molecule has 4 unspecified atom stereocenters. The summed E-state index contributed by atoms with van der Waals surface area (Å²) in [7, 11) is -16.5. The topological polar surface area (TPSA) is 401 Å². The summed E-state index contributed by atoms with van der Waals surface area (Å²) in [4.78, 5) is 97.9. The lowest BCUT2D eigenvalue weighted by molar-refractivity contribution is -0.140. The maximum atomic E-state index is 12.6. The molecule has 2 aromatic heterocycles. The number of nitrogens with one attached hydrogen (secondary N) is 2. The van der Waals surface area contributed by atoms with Gasteiger partial charge in [-0.05, 0) is 0 Å². The highest BCUT2D eigenvalue weighted by molar-refractivity contribution is 8.14. The lowest BCUT2D eigenvalue weighted by atomic mass is 9.87. The smallest absolute Gasteiger partial charge is 0.479 e. The van der Waals surface area contributed by atoms with Crippen LogP contribution in [-0.4, -0.2) is 138 Å². The van der Waals surface area contributed by atoms with Crippen LogP contribution in [0, 0.1) is 5.41 Å². The highest BCUT2D eigenvalue weighted by Gasteiger charge is 2.50. The van der Waals surface area contributed by atoms with E-state index in [1.54, 1.807) is 0 Å². The number of carbonyl (C=O) groups is 4. The van der Waals surface area contributed by atoms with E-state index >= 15 is 0 Å². The zero-order valence-electron chi connectivity index (χ0n) is 28.7. The fraction of sp³-hybridized carbons (Fsp3) is 0.625. The molecule has 26 nitrogen and oxygen atoms in total. The number of hydrogen-bond acceptors (Lipinski definition) is 19. The number of carboxylic acids is 1. The first-order valence-corrected chi connectivity index (χ1v) is 21.6. The summed E-state index contributed by atoms with van der Waals surface area (Å²) in [5, 5.41) is 33.7. The average Bonchev–Trinajstić information content (AvgIpc) is 3.64. The van der Waals surface area contributed by atoms with Gasteiger partial charge in [0.2, 0.25) is 16.9 Å². The van der Waals surface area contributed by atoms with Gasteiger partial charge >= 0.3 is 29.4 Å². The van der Waals surface area contributed by atoms with Crippen LogP contribution in [0.5, 0.6) is 0 Å². The van der Waals surface area contributed by atoms with Gasteiger partial charge in [0.15, 0.2) is 17.7 Å². The first-order chi connectivity index (χ1) is 25.7. The average molecular weight is 922 g/mol. The van der Waals surface area contributed by atoms with Gasteiger partial charge in [-0.2, -0.15) is 4.31 Å². The molecular formula is C24H36Cl2N7O19P3S. The number of nitrogen functional groups attached to an aromatic ring is 1. The number of nitrogens with two attached hydrogens (primary N) is 1. The largest absolute Gasteiger partial charge is 0.481 e. The second kappa shape index (κ2) is 19.1. The predicted molar refractivity (Wildman–Crippen MR) is 189 cm³/mol. The van der Waals surface area contributed by atoms with E-state index in [4.69, 9.17) is 47.8 Å². The number of phosphoric acid groups is 3. The number of rotatable bonds is 21. The third-order valence-corrected chi connectivity index (χ3v) is 12.2. The highest BCUT2D eigenvalue weighted by atomic mass is 35.5. The van der Waals surface area contributed by atoms with Gasteiger partial charge in [0.05, 0.1) is 19.5 Å². The molecule has 3 heterocycles. The van der Waals surface area contributed by atoms with Gasteiger partial charge in [-0.3, -0.25) is 32.5 Å². The molecule has 316 valence electrons. The molecule has 1 aliphatic rings. The van der Waals surface area contributed by atoms with Gasteiger partial charge in [-0.1, -0.05) is 48.8 Å². The fourth-order valence-corrected chi connectivity index (χ4v) is 8.27. The first-order valence-electron chi connectivity index (χ1n) is 15.3. The monoisotopic (exact) mass is 921 g/mol. The summed E-state index contributed by atoms with van der Waals surface area (Å²) in [6, 6.07) is 0. The van der Waals surface area contributed by atoms with Crippen molar-refractivity contribution >= 4 is 98.3 Å². The number of fused-ring (bicyclic) bond motifs is 1. The summed E-state index contributed by atoms with van der Waals surface area (Å²) < 4.78 is 59.2. The van der Waals surface area contributed by atoms with Crippen molar-refractivity contribution in [1.29, 1.82) is 0 Å². The number of aliphatic hydroxyl groups excluding tert-OH is 2. The Morgan fingerprint density at radius 2 is 1.70 bits per heavy atom. The molecule has 2 amide bonds. The van der Waals surface area contributed by atoms with Crippen molar-refractivity contribution in [3.05, 3.63) is 12.7 Å². The number of amides is 2. The Kier molecular flexibility index (Phi) is 16.4. The standard InChI is InChI=1S/C24H36Cl2N7O19P3S/c1-23(2,16(36)19(37)29-4-3-12(34)28-5-6-56-22(40)24(25,26)21(38)39)8-49-55(46,47)52-54(44,45)48-7-11-15(51-53(41,42)43)14(35)20(50-11)33-10-32-13-17(27)30-9-31-18(13)33/h9-11,14-16,20,35-36H,3-8H2,1-2H3,(H,28,34)(H,29,37)(H,38,39)(H,44,45)(H,46,47)(H2,27,30,31)(H2,41,42,43)/t11-,14?,15?,16+,20-/m0/s1. The number of ether oxygens (including phenoxy) is 1. The minimum Gasteiger partial charge on any atom is -0.479 e. The lowest BCUT2D eigenvalue weighted by Crippen LogP contribution is -2.46. The number of alkyl halides is 2. The molecule has 0 saturated carbocycles. The summed E-state index contributed by atoms with van der Waals surface area (Å²) in [6.45, 7) is -0.120. The Labute approximate surface area is 329 Å². The Morgan fingerprint density at radius 1 is 1.05 bits per heavy atom. The van der Waals surface area contributed by atoms with Crippen LogP contribution in [0.2, 0.25) is 0 Å². The van der Waals surface area contributed by atoms with Crippen LogP contribution in [0.4, 0.5) is 5.82 Å². The van der Waals surface area contributed by atoms with Crippen molar-refractivity contribution < 1.29 is 90.4 Å². The van der Waals surface area contributed by atoms with E-state index in [2.05, 4.69) is 34.4 Å². The number of aliphatic hydroxyl groups is 2. The molecule has 0 bridgehead atoms. The number of aromatic nitrogens is 4. The van der Waals surface area contributed by atoms with Gasteiger partial charge in [-0.25, -0.2) is 33.4 Å². The number of anilines is 1. The number of nitrogens with zero attached hydrogens (tertiary/aromatic N) is 4. The molecule has 3 rings (SSSR count). The van der Waals surface area contributed by atoms with Crippen LogP contribution < -0.4 is 16.4 Å². The number of carbonyl (C=O) groups excluding carboxylic acids is 3. The van der Waals surface area contributed by atoms with E-state index in [0.29, 0.717) is 11.8 Å². The maximum absolute atomic E-state index is 12.6. The normalized spacial score (nSPS) is 21.9. The lowest BCUT2D eigenvalue weighted by Gasteiger charge is -2.30. The maximum Gasteiger partial charge on any atom is 0.481 e. The van der Waals surface area contributed by atoms with Crippen molar-refractivity contribution in [2.75, 3.05) is 37.8 Å². The number of phosphoric ester groups is 3. The molecule has 7 atom stereocenters. The molecule has 1 fully saturated rings. The third kappa shape index (κ3) is 13.3. The van der Waals surface area contributed by atoms with Crippen molar-refractivity contribution in [2.45, 2.75) is 55.2 Å². The van der Waals surface area contributed by atoms with E-state index in [0.717, 1.165) is 17.2 Å². The Hall–Kier alpha value is -2.39. The molecule has 0 aromatic carbocycles. The zero-order chi connectivity index (χ0) is 42.4. The summed E-state index contributed by atoms with van der Waals surface area (Å²) in [6.07, 6.45) is -7.26. The molecule has 2 aromatic rings. The van der Waals surface area contributed by atoms with Crippen molar-refractivity contribution in [2.24, 2.45) is 5.41 Å². The van der Waals surface area contributed by atoms with E-state index in [9.17, 15) is 62.7 Å². The zero-order valence-corrected chi connectivity index (χ0v) is 33.7. The SMILES string of the molecule is CC(C)(COP(=O)(O)OP(=O)(O)OC[C@@H]1O[C@H](n2cnc3c(N)ncnc32)C(O)C1OP(=O)(O)O)[C@H](O)C(=O)NCCC(=O)NCCSC(=O)C(Cl)(Cl)C(=O)O. The Bertz CT molecular complexity index is 1920. The predicted octanol–water partition coefficient (Wildman–Crippen LogP) is -1.08. The summed E-state index contributed by atoms with van der Waals surface area (Å²) in [5.41, 5.74) is 4.15. The number of aliphatic carboxylic acids is 1. The molecular weight excluding hydrogens is 886 g/mol. The van der Waals surface area contributed by atoms with Crippen molar-refractivity contribution in [1.82, 2.24) is 30.2 Å². The molecule has 0 aliphatic carbocycles. The number of halogens is 2. The second-order valence-corrected chi connectivity index (χ2v) is 18.7. The van der Waals surface area contributed by atoms with Crippen molar-refractivity contribution in [3.63, 3.8) is 0 Å². The van der Waals surface area contributed by atoms with Crippen LogP contribution in [0.15, 0.2) is 12.7 Å². The van der Waals surface area contributed by atoms with Crippen LogP contribution in [-0.2, 0) is 55.5 Å². The second-order valence-electron chi connectivity index (χ2n) is 12.1. The molecule has 1 aliphatic heterocycles. The minimum absolute atomic E-state index is 0.0117. The van der Waals surface area contributed by atoms with Gasteiger partial charge in [0.1, 0.15) is 36.3 Å². The summed E-state index contributed by atoms with van der Waals surface area (Å²) in [5.74, 6) is -3.58. The van der Waals surface area contributed by atoms with Crippen LogP contribution >= 0.6 is 58.4 Å². The molecule has 1 saturated heterocycles. The first kappa shape index (κ1) is 48.0. The highest BCUT2D eigenvalue weighted by Crippen LogP contribution is 2.61. The van der Waals surface area contributed by atoms with E-state index in [1.165, 1.54) is 13.8 Å².